The summed E-state index contributed by atoms with van der Waals surface area (Å²) in [5.41, 5.74) is 8.08. The van der Waals surface area contributed by atoms with Crippen LogP contribution in [0.5, 0.6) is 0 Å². The van der Waals surface area contributed by atoms with Crippen molar-refractivity contribution in [2.75, 3.05) is 6.54 Å². The van der Waals surface area contributed by atoms with Crippen LogP contribution in [0.4, 0.5) is 0 Å². The Morgan fingerprint density at radius 3 is 2.50 bits per heavy atom. The molecule has 162 valence electrons. The van der Waals surface area contributed by atoms with Crippen LogP contribution in [-0.2, 0) is 21.5 Å². The van der Waals surface area contributed by atoms with E-state index in [1.807, 2.05) is 0 Å². The minimum atomic E-state index is -0.437. The fourth-order valence-electron chi connectivity index (χ4n) is 5.56. The van der Waals surface area contributed by atoms with Crippen LogP contribution >= 0.6 is 0 Å². The highest BCUT2D eigenvalue weighted by Crippen LogP contribution is 2.39. The van der Waals surface area contributed by atoms with E-state index >= 15 is 0 Å². The van der Waals surface area contributed by atoms with E-state index < -0.39 is 6.04 Å². The molecule has 1 saturated heterocycles. The molecule has 2 fully saturated rings. The smallest absolute Gasteiger partial charge is 0.240 e. The maximum atomic E-state index is 13.2. The van der Waals surface area contributed by atoms with Gasteiger partial charge in [0.15, 0.2) is 0 Å². The molecule has 1 aliphatic carbocycles. The zero-order valence-corrected chi connectivity index (χ0v) is 18.6. The van der Waals surface area contributed by atoms with Gasteiger partial charge in [-0.05, 0) is 63.5 Å². The highest BCUT2D eigenvalue weighted by atomic mass is 16.2. The number of nitrogens with zero attached hydrogens (tertiary/aromatic N) is 2. The first kappa shape index (κ1) is 21.0. The number of piperidine rings is 1. The van der Waals surface area contributed by atoms with Crippen LogP contribution in [-0.4, -0.2) is 33.9 Å². The second kappa shape index (κ2) is 8.09. The molecule has 2 aliphatic rings. The number of carbonyl (C=O) groups excluding carboxylic acids is 2. The third-order valence-electron chi connectivity index (χ3n) is 7.17. The van der Waals surface area contributed by atoms with Gasteiger partial charge in [-0.2, -0.15) is 0 Å². The van der Waals surface area contributed by atoms with Crippen LogP contribution in [0.2, 0.25) is 0 Å². The number of aromatic nitrogens is 1. The lowest BCUT2D eigenvalue weighted by Gasteiger charge is -2.45. The molecule has 1 aromatic heterocycles. The summed E-state index contributed by atoms with van der Waals surface area (Å²) in [7, 11) is 0. The van der Waals surface area contributed by atoms with Crippen molar-refractivity contribution in [3.63, 3.8) is 0 Å². The molecule has 3 unspecified atom stereocenters. The SMILES string of the molecule is CC(C)(C)n1cc(CCC(=O)N2CC3CCCCC3CC2C(N)=O)c2ccccc21. The quantitative estimate of drug-likeness (QED) is 0.821. The van der Waals surface area contributed by atoms with Crippen molar-refractivity contribution in [3.8, 4) is 0 Å². The summed E-state index contributed by atoms with van der Waals surface area (Å²) in [6.07, 6.45) is 8.83. The molecule has 2 heterocycles. The molecule has 2 N–H and O–H groups in total. The molecule has 1 aromatic carbocycles. The van der Waals surface area contributed by atoms with E-state index in [2.05, 4.69) is 55.8 Å². The lowest BCUT2D eigenvalue weighted by atomic mass is 9.72. The number of primary amides is 1. The van der Waals surface area contributed by atoms with E-state index in [-0.39, 0.29) is 17.4 Å². The van der Waals surface area contributed by atoms with Gasteiger partial charge < -0.3 is 15.2 Å². The average Bonchev–Trinajstić information content (AvgIpc) is 3.10. The molecule has 0 radical (unpaired) electrons. The number of hydrogen-bond donors (Lipinski definition) is 1. The van der Waals surface area contributed by atoms with Crippen LogP contribution in [0.25, 0.3) is 10.9 Å². The van der Waals surface area contributed by atoms with E-state index in [1.54, 1.807) is 4.90 Å². The summed E-state index contributed by atoms with van der Waals surface area (Å²) in [6.45, 7) is 7.28. The molecule has 4 rings (SSSR count). The molecule has 0 bridgehead atoms. The summed E-state index contributed by atoms with van der Waals surface area (Å²) in [4.78, 5) is 27.1. The van der Waals surface area contributed by atoms with E-state index in [0.717, 1.165) is 6.42 Å². The van der Waals surface area contributed by atoms with Crippen molar-refractivity contribution in [1.29, 1.82) is 0 Å². The minimum Gasteiger partial charge on any atom is -0.368 e. The predicted octanol–water partition coefficient (Wildman–Crippen LogP) is 4.22. The number of fused-ring (bicyclic) bond motifs is 2. The zero-order chi connectivity index (χ0) is 21.5. The van der Waals surface area contributed by atoms with Gasteiger partial charge in [-0.15, -0.1) is 0 Å². The molecule has 0 spiro atoms. The molecule has 2 aromatic rings. The van der Waals surface area contributed by atoms with Gasteiger partial charge in [-0.3, -0.25) is 9.59 Å². The summed E-state index contributed by atoms with van der Waals surface area (Å²) in [5, 5.41) is 1.21. The molecular weight excluding hydrogens is 374 g/mol. The number of benzene rings is 1. The summed E-state index contributed by atoms with van der Waals surface area (Å²) < 4.78 is 2.29. The van der Waals surface area contributed by atoms with Crippen LogP contribution in [0, 0.1) is 11.8 Å². The maximum absolute atomic E-state index is 13.2. The molecule has 30 heavy (non-hydrogen) atoms. The highest BCUT2D eigenvalue weighted by molar-refractivity contribution is 5.88. The summed E-state index contributed by atoms with van der Waals surface area (Å²) in [6, 6.07) is 7.95. The van der Waals surface area contributed by atoms with Gasteiger partial charge in [0.25, 0.3) is 0 Å². The largest absolute Gasteiger partial charge is 0.368 e. The molecule has 1 aliphatic heterocycles. The Labute approximate surface area is 179 Å². The van der Waals surface area contributed by atoms with Gasteiger partial charge in [0.05, 0.1) is 0 Å². The second-order valence-electron chi connectivity index (χ2n) is 10.2. The van der Waals surface area contributed by atoms with E-state index in [9.17, 15) is 9.59 Å². The van der Waals surface area contributed by atoms with Crippen molar-refractivity contribution in [3.05, 3.63) is 36.0 Å². The Bertz CT molecular complexity index is 940. The van der Waals surface area contributed by atoms with Gasteiger partial charge in [0.1, 0.15) is 6.04 Å². The number of carbonyl (C=O) groups is 2. The third kappa shape index (κ3) is 3.99. The van der Waals surface area contributed by atoms with Crippen LogP contribution in [0.15, 0.2) is 30.5 Å². The average molecular weight is 410 g/mol. The minimum absolute atomic E-state index is 0.0260. The number of amides is 2. The zero-order valence-electron chi connectivity index (χ0n) is 18.6. The number of hydrogen-bond acceptors (Lipinski definition) is 2. The molecule has 1 saturated carbocycles. The molecular formula is C25H35N3O2. The fraction of sp³-hybridized carbons (Fsp3) is 0.600. The number of para-hydroxylation sites is 1. The standard InChI is InChI=1S/C25H35N3O2/c1-25(2,3)28-16-19(20-10-6-7-11-21(20)28)12-13-23(29)27-15-18-9-5-4-8-17(18)14-22(27)24(26)30/h6-7,10-11,16-18,22H,4-5,8-9,12-15H2,1-3H3,(H2,26,30). The van der Waals surface area contributed by atoms with Gasteiger partial charge in [0.2, 0.25) is 11.8 Å². The van der Waals surface area contributed by atoms with Crippen LogP contribution in [0.1, 0.15) is 64.9 Å². The Balaban J connectivity index is 1.52. The monoisotopic (exact) mass is 409 g/mol. The van der Waals surface area contributed by atoms with Crippen molar-refractivity contribution in [2.24, 2.45) is 17.6 Å². The van der Waals surface area contributed by atoms with Gasteiger partial charge in [0, 0.05) is 35.6 Å². The molecule has 3 atom stereocenters. The molecule has 5 heteroatoms. The van der Waals surface area contributed by atoms with Crippen molar-refractivity contribution >= 4 is 22.7 Å². The van der Waals surface area contributed by atoms with E-state index in [1.165, 1.54) is 42.1 Å². The lowest BCUT2D eigenvalue weighted by molar-refractivity contribution is -0.144. The van der Waals surface area contributed by atoms with Crippen molar-refractivity contribution in [2.45, 2.75) is 77.3 Å². The Kier molecular flexibility index (Phi) is 5.65. The predicted molar refractivity (Wildman–Crippen MR) is 120 cm³/mol. The summed E-state index contributed by atoms with van der Waals surface area (Å²) >= 11 is 0. The van der Waals surface area contributed by atoms with Crippen molar-refractivity contribution < 1.29 is 9.59 Å². The Morgan fingerprint density at radius 2 is 1.80 bits per heavy atom. The second-order valence-corrected chi connectivity index (χ2v) is 10.2. The Hall–Kier alpha value is -2.30. The first-order valence-electron chi connectivity index (χ1n) is 11.4. The lowest BCUT2D eigenvalue weighted by Crippen LogP contribution is -2.55. The fourth-order valence-corrected chi connectivity index (χ4v) is 5.56. The Morgan fingerprint density at radius 1 is 1.10 bits per heavy atom. The maximum Gasteiger partial charge on any atom is 0.240 e. The topological polar surface area (TPSA) is 68.3 Å². The molecule has 2 amide bonds. The third-order valence-corrected chi connectivity index (χ3v) is 7.17. The van der Waals surface area contributed by atoms with Crippen molar-refractivity contribution in [1.82, 2.24) is 9.47 Å². The first-order chi connectivity index (χ1) is 14.3. The first-order valence-corrected chi connectivity index (χ1v) is 11.4. The highest BCUT2D eigenvalue weighted by Gasteiger charge is 2.40. The number of likely N-dealkylation sites (tertiary alicyclic amines) is 1. The number of rotatable bonds is 4. The van der Waals surface area contributed by atoms with E-state index in [4.69, 9.17) is 5.73 Å². The number of aryl methyl sites for hydroxylation is 1. The van der Waals surface area contributed by atoms with Gasteiger partial charge in [-0.1, -0.05) is 37.5 Å². The van der Waals surface area contributed by atoms with Gasteiger partial charge in [-0.25, -0.2) is 0 Å². The molecule has 5 nitrogen and oxygen atoms in total. The van der Waals surface area contributed by atoms with E-state index in [0.29, 0.717) is 31.2 Å². The number of nitrogens with two attached hydrogens (primary N) is 1. The summed E-state index contributed by atoms with van der Waals surface area (Å²) in [5.74, 6) is 0.790. The van der Waals surface area contributed by atoms with Gasteiger partial charge >= 0.3 is 0 Å². The normalized spacial score (nSPS) is 24.6. The van der Waals surface area contributed by atoms with Crippen LogP contribution in [0.3, 0.4) is 0 Å². The van der Waals surface area contributed by atoms with Crippen LogP contribution < -0.4 is 5.73 Å².